The lowest BCUT2D eigenvalue weighted by molar-refractivity contribution is 0.149. The molecule has 0 radical (unpaired) electrons. The lowest BCUT2D eigenvalue weighted by Crippen LogP contribution is -2.33. The fourth-order valence-electron chi connectivity index (χ4n) is 2.32. The third-order valence-electron chi connectivity index (χ3n) is 3.11. The molecular formula is C15H23ClFNO. The smallest absolute Gasteiger partial charge is 0.127 e. The van der Waals surface area contributed by atoms with Crippen LogP contribution in [-0.2, 0) is 11.2 Å². The summed E-state index contributed by atoms with van der Waals surface area (Å²) in [6.07, 6.45) is 1.63. The molecule has 0 heterocycles. The van der Waals surface area contributed by atoms with Gasteiger partial charge in [-0.25, -0.2) is 4.39 Å². The quantitative estimate of drug-likeness (QED) is 0.788. The first-order valence-electron chi connectivity index (χ1n) is 6.73. The number of likely N-dealkylation sites (N-methyl/N-ethyl adjacent to an activating group) is 1. The maximum absolute atomic E-state index is 13.8. The van der Waals surface area contributed by atoms with Crippen molar-refractivity contribution in [3.63, 3.8) is 0 Å². The van der Waals surface area contributed by atoms with Gasteiger partial charge in [0.05, 0.1) is 0 Å². The van der Waals surface area contributed by atoms with Crippen molar-refractivity contribution in [2.75, 3.05) is 20.3 Å². The van der Waals surface area contributed by atoms with Crippen LogP contribution in [-0.4, -0.2) is 26.3 Å². The minimum absolute atomic E-state index is 0.227. The highest BCUT2D eigenvalue weighted by atomic mass is 35.5. The molecule has 0 aliphatic heterocycles. The molecule has 108 valence electrons. The third-order valence-corrected chi connectivity index (χ3v) is 3.35. The Morgan fingerprint density at radius 3 is 2.74 bits per heavy atom. The second-order valence-electron chi connectivity index (χ2n) is 4.99. The van der Waals surface area contributed by atoms with Crippen molar-refractivity contribution >= 4 is 11.6 Å². The Hall–Kier alpha value is -0.640. The van der Waals surface area contributed by atoms with Gasteiger partial charge in [0.2, 0.25) is 0 Å². The van der Waals surface area contributed by atoms with Gasteiger partial charge in [-0.15, -0.1) is 0 Å². The molecule has 0 saturated heterocycles. The van der Waals surface area contributed by atoms with Gasteiger partial charge in [-0.05, 0) is 43.0 Å². The minimum atomic E-state index is -0.227. The number of nitrogens with one attached hydrogen (secondary N) is 1. The number of hydrogen-bond donors (Lipinski definition) is 1. The van der Waals surface area contributed by atoms with Crippen LogP contribution in [0.4, 0.5) is 4.39 Å². The minimum Gasteiger partial charge on any atom is -0.384 e. The lowest BCUT2D eigenvalue weighted by atomic mass is 9.96. The summed E-state index contributed by atoms with van der Waals surface area (Å²) in [5.41, 5.74) is 0.708. The normalized spacial score (nSPS) is 14.4. The fourth-order valence-corrected chi connectivity index (χ4v) is 2.48. The van der Waals surface area contributed by atoms with Gasteiger partial charge in [-0.3, -0.25) is 0 Å². The van der Waals surface area contributed by atoms with E-state index >= 15 is 0 Å². The van der Waals surface area contributed by atoms with Gasteiger partial charge in [0.25, 0.3) is 0 Å². The average molecular weight is 288 g/mol. The summed E-state index contributed by atoms with van der Waals surface area (Å²) < 4.78 is 19.0. The molecule has 0 amide bonds. The predicted molar refractivity (Wildman–Crippen MR) is 78.2 cm³/mol. The first-order chi connectivity index (χ1) is 9.06. The maximum atomic E-state index is 13.8. The van der Waals surface area contributed by atoms with Gasteiger partial charge >= 0.3 is 0 Å². The Labute approximate surface area is 120 Å². The summed E-state index contributed by atoms with van der Waals surface area (Å²) in [6, 6.07) is 5.13. The Morgan fingerprint density at radius 1 is 1.42 bits per heavy atom. The van der Waals surface area contributed by atoms with Crippen molar-refractivity contribution in [1.82, 2.24) is 5.32 Å². The molecule has 0 aromatic heterocycles. The van der Waals surface area contributed by atoms with Crippen LogP contribution in [0.25, 0.3) is 0 Å². The first kappa shape index (κ1) is 16.4. The zero-order valence-electron chi connectivity index (χ0n) is 11.9. The third kappa shape index (κ3) is 5.89. The Morgan fingerprint density at radius 2 is 2.16 bits per heavy atom. The number of methoxy groups -OCH3 is 1. The number of hydrogen-bond acceptors (Lipinski definition) is 2. The standard InChI is InChI=1S/C15H23ClFNO/c1-4-18-14(7-11(2)10-19-3)8-12-5-6-13(16)9-15(12)17/h5-6,9,11,14,18H,4,7-8,10H2,1-3H3. The summed E-state index contributed by atoms with van der Waals surface area (Å²) in [5, 5.41) is 3.85. The van der Waals surface area contributed by atoms with E-state index in [1.165, 1.54) is 6.07 Å². The van der Waals surface area contributed by atoms with Crippen LogP contribution in [0.2, 0.25) is 5.02 Å². The molecule has 1 aromatic rings. The van der Waals surface area contributed by atoms with E-state index < -0.39 is 0 Å². The number of rotatable bonds is 8. The van der Waals surface area contributed by atoms with Crippen molar-refractivity contribution in [2.24, 2.45) is 5.92 Å². The Kier molecular flexibility index (Phi) is 7.36. The van der Waals surface area contributed by atoms with Crippen LogP contribution < -0.4 is 5.32 Å². The zero-order valence-corrected chi connectivity index (χ0v) is 12.6. The highest BCUT2D eigenvalue weighted by molar-refractivity contribution is 6.30. The largest absolute Gasteiger partial charge is 0.384 e. The lowest BCUT2D eigenvalue weighted by Gasteiger charge is -2.22. The van der Waals surface area contributed by atoms with Crippen molar-refractivity contribution in [2.45, 2.75) is 32.7 Å². The van der Waals surface area contributed by atoms with Gasteiger partial charge < -0.3 is 10.1 Å². The van der Waals surface area contributed by atoms with Crippen LogP contribution in [0.1, 0.15) is 25.8 Å². The molecule has 2 atom stereocenters. The molecule has 1 aromatic carbocycles. The van der Waals surface area contributed by atoms with E-state index in [4.69, 9.17) is 16.3 Å². The van der Waals surface area contributed by atoms with E-state index in [1.54, 1.807) is 19.2 Å². The predicted octanol–water partition coefficient (Wildman–Crippen LogP) is 3.67. The van der Waals surface area contributed by atoms with Crippen molar-refractivity contribution in [3.05, 3.63) is 34.6 Å². The summed E-state index contributed by atoms with van der Waals surface area (Å²) in [7, 11) is 1.71. The zero-order chi connectivity index (χ0) is 14.3. The molecule has 0 aliphatic rings. The molecule has 2 unspecified atom stereocenters. The van der Waals surface area contributed by atoms with E-state index in [-0.39, 0.29) is 11.9 Å². The van der Waals surface area contributed by atoms with Gasteiger partial charge in [0.15, 0.2) is 0 Å². The molecule has 0 fully saturated rings. The molecular weight excluding hydrogens is 265 g/mol. The van der Waals surface area contributed by atoms with Crippen LogP contribution in [0, 0.1) is 11.7 Å². The molecule has 0 spiro atoms. The van der Waals surface area contributed by atoms with E-state index in [1.807, 2.05) is 0 Å². The van der Waals surface area contributed by atoms with Gasteiger partial charge in [-0.1, -0.05) is 31.5 Å². The van der Waals surface area contributed by atoms with E-state index in [0.29, 0.717) is 22.9 Å². The van der Waals surface area contributed by atoms with Gasteiger partial charge in [0, 0.05) is 24.8 Å². The van der Waals surface area contributed by atoms with Crippen LogP contribution >= 0.6 is 11.6 Å². The van der Waals surface area contributed by atoms with E-state index in [9.17, 15) is 4.39 Å². The molecule has 0 bridgehead atoms. The highest BCUT2D eigenvalue weighted by Crippen LogP contribution is 2.18. The second-order valence-corrected chi connectivity index (χ2v) is 5.43. The maximum Gasteiger partial charge on any atom is 0.127 e. The van der Waals surface area contributed by atoms with Gasteiger partial charge in [0.1, 0.15) is 5.82 Å². The first-order valence-corrected chi connectivity index (χ1v) is 7.10. The molecule has 1 N–H and O–H groups in total. The molecule has 2 nitrogen and oxygen atoms in total. The summed E-state index contributed by atoms with van der Waals surface area (Å²) in [4.78, 5) is 0. The number of benzene rings is 1. The Bertz CT molecular complexity index is 386. The number of halogens is 2. The molecule has 1 rings (SSSR count). The SMILES string of the molecule is CCNC(Cc1ccc(Cl)cc1F)CC(C)COC. The van der Waals surface area contributed by atoms with Crippen molar-refractivity contribution in [3.8, 4) is 0 Å². The van der Waals surface area contributed by atoms with Crippen LogP contribution in [0.3, 0.4) is 0 Å². The molecule has 0 saturated carbocycles. The average Bonchev–Trinajstić information content (AvgIpc) is 2.33. The monoisotopic (exact) mass is 287 g/mol. The highest BCUT2D eigenvalue weighted by Gasteiger charge is 2.15. The Balaban J connectivity index is 2.66. The molecule has 0 aliphatic carbocycles. The summed E-state index contributed by atoms with van der Waals surface area (Å²) in [5.74, 6) is 0.221. The number of ether oxygens (including phenoxy) is 1. The van der Waals surface area contributed by atoms with Crippen molar-refractivity contribution < 1.29 is 9.13 Å². The molecule has 19 heavy (non-hydrogen) atoms. The summed E-state index contributed by atoms with van der Waals surface area (Å²) in [6.45, 7) is 5.81. The van der Waals surface area contributed by atoms with E-state index in [0.717, 1.165) is 19.6 Å². The van der Waals surface area contributed by atoms with E-state index in [2.05, 4.69) is 19.2 Å². The summed E-state index contributed by atoms with van der Waals surface area (Å²) >= 11 is 5.77. The van der Waals surface area contributed by atoms with Gasteiger partial charge in [-0.2, -0.15) is 0 Å². The second kappa shape index (κ2) is 8.51. The fraction of sp³-hybridized carbons (Fsp3) is 0.600. The van der Waals surface area contributed by atoms with Crippen LogP contribution in [0.5, 0.6) is 0 Å². The molecule has 4 heteroatoms. The van der Waals surface area contributed by atoms with Crippen LogP contribution in [0.15, 0.2) is 18.2 Å². The van der Waals surface area contributed by atoms with Crippen molar-refractivity contribution in [1.29, 1.82) is 0 Å². The topological polar surface area (TPSA) is 21.3 Å².